The smallest absolute Gasteiger partial charge is 0.264 e. The Labute approximate surface area is 350 Å². The molecule has 2 aliphatic rings. The van der Waals surface area contributed by atoms with E-state index in [1.807, 2.05) is 11.3 Å². The highest BCUT2D eigenvalue weighted by atomic mass is 32.1. The number of hydrogen-bond acceptors (Lipinski definition) is 3. The van der Waals surface area contributed by atoms with E-state index in [9.17, 15) is 0 Å². The summed E-state index contributed by atoms with van der Waals surface area (Å²) in [6.45, 7) is 0.0624. The molecule has 0 saturated carbocycles. The molecule has 3 heterocycles. The first-order chi connectivity index (χ1) is 29.8. The van der Waals surface area contributed by atoms with Crippen LogP contribution in [0.4, 0.5) is 34.1 Å². The zero-order chi connectivity index (χ0) is 39.1. The van der Waals surface area contributed by atoms with E-state index in [4.69, 9.17) is 0 Å². The van der Waals surface area contributed by atoms with Gasteiger partial charge in [0.1, 0.15) is 0 Å². The second-order valence-electron chi connectivity index (χ2n) is 16.3. The van der Waals surface area contributed by atoms with Crippen molar-refractivity contribution >= 4 is 143 Å². The standard InChI is InChI=1S/C56H33BN2S/c1-3-18-38-34(16-1)36-20-5-7-22-40(36)52-42(38)25-13-29-47(52)58-46-28-11-10-27-45(46)57-54-49(58)31-15-32-50(54)59(55-44-24-9-12-33-51(44)60-56(55)57)48-30-14-26-43-39-19-4-2-17-35(39)37-21-6-8-23-41(37)53(43)48/h1-33H. The lowest BCUT2D eigenvalue weighted by atomic mass is 9.36. The van der Waals surface area contributed by atoms with Crippen molar-refractivity contribution in [2.75, 3.05) is 9.80 Å². The zero-order valence-electron chi connectivity index (χ0n) is 32.4. The predicted molar refractivity (Wildman–Crippen MR) is 261 cm³/mol. The highest BCUT2D eigenvalue weighted by molar-refractivity contribution is 7.33. The third-order valence-corrected chi connectivity index (χ3v) is 14.6. The molecular formula is C56H33BN2S. The Morgan fingerprint density at radius 3 is 1.23 bits per heavy atom. The van der Waals surface area contributed by atoms with Crippen LogP contribution in [0.15, 0.2) is 200 Å². The summed E-state index contributed by atoms with van der Waals surface area (Å²) in [5.41, 5.74) is 10.1. The summed E-state index contributed by atoms with van der Waals surface area (Å²) in [6, 6.07) is 74.9. The van der Waals surface area contributed by atoms with E-state index in [2.05, 4.69) is 210 Å². The summed E-state index contributed by atoms with van der Waals surface area (Å²) in [5, 5.41) is 16.7. The van der Waals surface area contributed by atoms with Crippen LogP contribution in [0.2, 0.25) is 0 Å². The van der Waals surface area contributed by atoms with Crippen molar-refractivity contribution in [3.8, 4) is 0 Å². The van der Waals surface area contributed by atoms with Crippen LogP contribution in [-0.4, -0.2) is 6.71 Å². The summed E-state index contributed by atoms with van der Waals surface area (Å²) in [4.78, 5) is 5.21. The molecule has 0 amide bonds. The SMILES string of the molecule is c1ccc2c(c1)B1c3sc4ccccc4c3N(c3cccc4c5ccccc5c5ccccc5c34)c3cccc(c31)N2c1cccc2c3ccccc3c3ccccc3c12. The van der Waals surface area contributed by atoms with Gasteiger partial charge < -0.3 is 9.80 Å². The molecule has 0 N–H and O–H groups in total. The van der Waals surface area contributed by atoms with Gasteiger partial charge >= 0.3 is 0 Å². The van der Waals surface area contributed by atoms with Crippen molar-refractivity contribution in [3.05, 3.63) is 200 Å². The Morgan fingerprint density at radius 2 is 0.667 bits per heavy atom. The second kappa shape index (κ2) is 12.1. The summed E-state index contributed by atoms with van der Waals surface area (Å²) < 4.78 is 2.70. The number of hydrogen-bond donors (Lipinski definition) is 0. The normalized spacial score (nSPS) is 13.2. The molecular weight excluding hydrogens is 744 g/mol. The van der Waals surface area contributed by atoms with E-state index in [0.29, 0.717) is 0 Å². The molecule has 0 fully saturated rings. The number of nitrogens with zero attached hydrogens (tertiary/aromatic N) is 2. The summed E-state index contributed by atoms with van der Waals surface area (Å²) in [5.74, 6) is 0. The lowest BCUT2D eigenvalue weighted by molar-refractivity contribution is 1.28. The zero-order valence-corrected chi connectivity index (χ0v) is 33.2. The molecule has 60 heavy (non-hydrogen) atoms. The highest BCUT2D eigenvalue weighted by Gasteiger charge is 2.45. The van der Waals surface area contributed by atoms with Crippen LogP contribution in [0.5, 0.6) is 0 Å². The summed E-state index contributed by atoms with van der Waals surface area (Å²) in [6.07, 6.45) is 0. The van der Waals surface area contributed by atoms with Gasteiger partial charge in [0.2, 0.25) is 0 Å². The second-order valence-corrected chi connectivity index (χ2v) is 17.3. The Morgan fingerprint density at radius 1 is 0.300 bits per heavy atom. The average Bonchev–Trinajstić information content (AvgIpc) is 3.70. The number of benzene rings is 11. The van der Waals surface area contributed by atoms with Gasteiger partial charge in [-0.05, 0) is 101 Å². The van der Waals surface area contributed by atoms with Crippen molar-refractivity contribution in [2.45, 2.75) is 0 Å². The largest absolute Gasteiger partial charge is 0.311 e. The average molecular weight is 777 g/mol. The Bertz CT molecular complexity index is 3740. The van der Waals surface area contributed by atoms with Gasteiger partial charge in [0.05, 0.1) is 17.1 Å². The Kier molecular flexibility index (Phi) is 6.55. The first-order valence-electron chi connectivity index (χ1n) is 20.8. The molecule has 2 nitrogen and oxygen atoms in total. The lowest BCUT2D eigenvalue weighted by Gasteiger charge is -2.43. The van der Waals surface area contributed by atoms with Gasteiger partial charge in [-0.1, -0.05) is 164 Å². The van der Waals surface area contributed by atoms with E-state index in [-0.39, 0.29) is 6.71 Å². The molecule has 12 aromatic rings. The van der Waals surface area contributed by atoms with Crippen LogP contribution in [0.25, 0.3) is 74.7 Å². The fraction of sp³-hybridized carbons (Fsp3) is 0. The van der Waals surface area contributed by atoms with E-state index >= 15 is 0 Å². The number of thiophene rings is 1. The van der Waals surface area contributed by atoms with Gasteiger partial charge in [-0.2, -0.15) is 0 Å². The molecule has 276 valence electrons. The number of rotatable bonds is 2. The minimum absolute atomic E-state index is 0.0624. The monoisotopic (exact) mass is 776 g/mol. The van der Waals surface area contributed by atoms with E-state index in [1.165, 1.54) is 125 Å². The molecule has 0 bridgehead atoms. The number of para-hydroxylation sites is 1. The minimum Gasteiger partial charge on any atom is -0.311 e. The molecule has 2 aliphatic heterocycles. The maximum Gasteiger partial charge on any atom is 0.264 e. The molecule has 0 spiro atoms. The van der Waals surface area contributed by atoms with Gasteiger partial charge in [-0.15, -0.1) is 11.3 Å². The maximum atomic E-state index is 2.63. The maximum absolute atomic E-state index is 2.63. The van der Waals surface area contributed by atoms with Gasteiger partial charge in [0.15, 0.2) is 0 Å². The predicted octanol–water partition coefficient (Wildman–Crippen LogP) is 13.9. The van der Waals surface area contributed by atoms with E-state index in [1.54, 1.807) is 0 Å². The molecule has 11 aromatic carbocycles. The molecule has 0 aliphatic carbocycles. The van der Waals surface area contributed by atoms with Gasteiger partial charge in [-0.25, -0.2) is 0 Å². The molecule has 14 rings (SSSR count). The fourth-order valence-corrected chi connectivity index (χ4v) is 12.4. The first-order valence-corrected chi connectivity index (χ1v) is 21.6. The van der Waals surface area contributed by atoms with E-state index in [0.717, 1.165) is 0 Å². The first kappa shape index (κ1) is 32.5. The third-order valence-electron chi connectivity index (χ3n) is 13.4. The highest BCUT2D eigenvalue weighted by Crippen LogP contribution is 2.52. The number of anilines is 6. The summed E-state index contributed by atoms with van der Waals surface area (Å²) >= 11 is 1.95. The lowest BCUT2D eigenvalue weighted by Crippen LogP contribution is -2.60. The fourth-order valence-electron chi connectivity index (χ4n) is 11.1. The molecule has 1 aromatic heterocycles. The van der Waals surface area contributed by atoms with E-state index < -0.39 is 0 Å². The molecule has 0 radical (unpaired) electrons. The van der Waals surface area contributed by atoms with Gasteiger partial charge in [0, 0.05) is 42.7 Å². The Hall–Kier alpha value is -7.40. The Balaban J connectivity index is 1.13. The van der Waals surface area contributed by atoms with Crippen molar-refractivity contribution in [3.63, 3.8) is 0 Å². The molecule has 4 heteroatoms. The van der Waals surface area contributed by atoms with Crippen molar-refractivity contribution < 1.29 is 0 Å². The van der Waals surface area contributed by atoms with Crippen LogP contribution in [0.3, 0.4) is 0 Å². The van der Waals surface area contributed by atoms with Gasteiger partial charge in [-0.3, -0.25) is 0 Å². The van der Waals surface area contributed by atoms with Gasteiger partial charge in [0.25, 0.3) is 6.71 Å². The van der Waals surface area contributed by atoms with Crippen molar-refractivity contribution in [1.29, 1.82) is 0 Å². The van der Waals surface area contributed by atoms with Crippen molar-refractivity contribution in [2.24, 2.45) is 0 Å². The van der Waals surface area contributed by atoms with Crippen LogP contribution in [0, 0.1) is 0 Å². The third kappa shape index (κ3) is 4.18. The van der Waals surface area contributed by atoms with Crippen LogP contribution >= 0.6 is 11.3 Å². The molecule has 0 unspecified atom stereocenters. The van der Waals surface area contributed by atoms with Crippen LogP contribution < -0.4 is 25.5 Å². The molecule has 0 atom stereocenters. The van der Waals surface area contributed by atoms with Crippen LogP contribution in [-0.2, 0) is 0 Å². The quantitative estimate of drug-likeness (QED) is 0.127. The van der Waals surface area contributed by atoms with Crippen molar-refractivity contribution in [1.82, 2.24) is 0 Å². The molecule has 0 saturated heterocycles. The summed E-state index contributed by atoms with van der Waals surface area (Å²) in [7, 11) is 0. The topological polar surface area (TPSA) is 6.48 Å². The van der Waals surface area contributed by atoms with Crippen LogP contribution in [0.1, 0.15) is 0 Å². The minimum atomic E-state index is 0.0624. The number of fused-ring (bicyclic) bond motifs is 18.